The van der Waals surface area contributed by atoms with E-state index in [2.05, 4.69) is 17.0 Å². The van der Waals surface area contributed by atoms with Crippen LogP contribution in [0.3, 0.4) is 0 Å². The summed E-state index contributed by atoms with van der Waals surface area (Å²) in [7, 11) is 0. The molecule has 1 heterocycles. The maximum absolute atomic E-state index is 6.05. The summed E-state index contributed by atoms with van der Waals surface area (Å²) in [4.78, 5) is 4.23. The zero-order valence-electron chi connectivity index (χ0n) is 10.5. The van der Waals surface area contributed by atoms with E-state index in [1.807, 2.05) is 4.68 Å². The van der Waals surface area contributed by atoms with Crippen molar-refractivity contribution < 1.29 is 4.74 Å². The molecule has 2 N–H and O–H groups in total. The Morgan fingerprint density at radius 1 is 1.47 bits per heavy atom. The third-order valence-electron chi connectivity index (χ3n) is 3.31. The second-order valence-electron chi connectivity index (χ2n) is 4.70. The first-order valence-electron chi connectivity index (χ1n) is 6.55. The molecular weight excluding hydrogens is 216 g/mol. The van der Waals surface area contributed by atoms with Gasteiger partial charge in [-0.15, -0.1) is 0 Å². The van der Waals surface area contributed by atoms with Gasteiger partial charge >= 0.3 is 0 Å². The van der Waals surface area contributed by atoms with Crippen molar-refractivity contribution in [1.29, 1.82) is 0 Å². The van der Waals surface area contributed by atoms with Gasteiger partial charge in [-0.1, -0.05) is 19.8 Å². The molecule has 5 nitrogen and oxygen atoms in total. The lowest BCUT2D eigenvalue weighted by molar-refractivity contribution is -0.000586. The Hall–Kier alpha value is -0.940. The van der Waals surface area contributed by atoms with Gasteiger partial charge in [-0.2, -0.15) is 5.10 Å². The van der Waals surface area contributed by atoms with Crippen molar-refractivity contribution in [2.75, 3.05) is 0 Å². The number of ether oxygens (including phenoxy) is 1. The van der Waals surface area contributed by atoms with E-state index in [-0.39, 0.29) is 12.1 Å². The Labute approximate surface area is 102 Å². The van der Waals surface area contributed by atoms with E-state index in [4.69, 9.17) is 10.5 Å². The average molecular weight is 238 g/mol. The Bertz CT molecular complexity index is 339. The lowest BCUT2D eigenvalue weighted by atomic mass is 9.93. The van der Waals surface area contributed by atoms with Gasteiger partial charge in [-0.3, -0.25) is 0 Å². The SMILES string of the molecule is CCCn1ncnc1COC1CCCCC1N. The predicted molar refractivity (Wildman–Crippen MR) is 65.3 cm³/mol. The minimum atomic E-state index is 0.186. The standard InChI is InChI=1S/C12H22N4O/c1-2-7-16-12(14-9-15-16)8-17-11-6-4-3-5-10(11)13/h9-11H,2-8,13H2,1H3. The van der Waals surface area contributed by atoms with Gasteiger partial charge in [0.05, 0.1) is 6.10 Å². The molecule has 1 aromatic heterocycles. The molecule has 96 valence electrons. The van der Waals surface area contributed by atoms with E-state index in [1.165, 1.54) is 12.8 Å². The Balaban J connectivity index is 1.86. The second kappa shape index (κ2) is 6.12. The molecule has 0 radical (unpaired) electrons. The molecule has 2 unspecified atom stereocenters. The molecule has 0 aromatic carbocycles. The molecule has 0 saturated heterocycles. The third-order valence-corrected chi connectivity index (χ3v) is 3.31. The van der Waals surface area contributed by atoms with Gasteiger partial charge in [0.1, 0.15) is 12.9 Å². The van der Waals surface area contributed by atoms with Crippen LogP contribution in [0.25, 0.3) is 0 Å². The fraction of sp³-hybridized carbons (Fsp3) is 0.833. The molecule has 5 heteroatoms. The molecule has 1 fully saturated rings. The van der Waals surface area contributed by atoms with Crippen molar-refractivity contribution in [2.24, 2.45) is 5.73 Å². The van der Waals surface area contributed by atoms with E-state index in [9.17, 15) is 0 Å². The van der Waals surface area contributed by atoms with Gasteiger partial charge in [0.2, 0.25) is 0 Å². The Morgan fingerprint density at radius 2 is 2.29 bits per heavy atom. The van der Waals surface area contributed by atoms with Gasteiger partial charge in [-0.25, -0.2) is 9.67 Å². The average Bonchev–Trinajstić information content (AvgIpc) is 2.76. The molecule has 1 saturated carbocycles. The fourth-order valence-electron chi connectivity index (χ4n) is 2.31. The summed E-state index contributed by atoms with van der Waals surface area (Å²) in [5, 5.41) is 4.18. The highest BCUT2D eigenvalue weighted by molar-refractivity contribution is 4.84. The summed E-state index contributed by atoms with van der Waals surface area (Å²) < 4.78 is 7.79. The van der Waals surface area contributed by atoms with Crippen molar-refractivity contribution in [3.63, 3.8) is 0 Å². The molecule has 0 spiro atoms. The van der Waals surface area contributed by atoms with Crippen LogP contribution in [-0.4, -0.2) is 26.9 Å². The van der Waals surface area contributed by atoms with Crippen molar-refractivity contribution in [3.05, 3.63) is 12.2 Å². The maximum Gasteiger partial charge on any atom is 0.152 e. The Morgan fingerprint density at radius 3 is 3.06 bits per heavy atom. The van der Waals surface area contributed by atoms with Crippen LogP contribution in [0, 0.1) is 0 Å². The summed E-state index contributed by atoms with van der Waals surface area (Å²) in [5.74, 6) is 0.907. The molecular formula is C12H22N4O. The van der Waals surface area contributed by atoms with Crippen molar-refractivity contribution in [2.45, 2.75) is 64.3 Å². The summed E-state index contributed by atoms with van der Waals surface area (Å²) in [6.07, 6.45) is 7.44. The summed E-state index contributed by atoms with van der Waals surface area (Å²) >= 11 is 0. The summed E-state index contributed by atoms with van der Waals surface area (Å²) in [5.41, 5.74) is 6.05. The summed E-state index contributed by atoms with van der Waals surface area (Å²) in [6.45, 7) is 3.55. The molecule has 2 atom stereocenters. The lowest BCUT2D eigenvalue weighted by Crippen LogP contribution is -2.39. The smallest absolute Gasteiger partial charge is 0.152 e. The molecule has 0 aliphatic heterocycles. The number of aryl methyl sites for hydroxylation is 1. The number of hydrogen-bond acceptors (Lipinski definition) is 4. The number of hydrogen-bond donors (Lipinski definition) is 1. The van der Waals surface area contributed by atoms with Crippen LogP contribution in [0.4, 0.5) is 0 Å². The van der Waals surface area contributed by atoms with Crippen LogP contribution in [0.1, 0.15) is 44.9 Å². The normalized spacial score (nSPS) is 25.1. The molecule has 17 heavy (non-hydrogen) atoms. The van der Waals surface area contributed by atoms with E-state index in [0.29, 0.717) is 6.61 Å². The van der Waals surface area contributed by atoms with E-state index in [0.717, 1.165) is 31.6 Å². The van der Waals surface area contributed by atoms with Crippen LogP contribution < -0.4 is 5.73 Å². The zero-order valence-corrected chi connectivity index (χ0v) is 10.5. The van der Waals surface area contributed by atoms with Gasteiger partial charge in [0, 0.05) is 12.6 Å². The summed E-state index contributed by atoms with van der Waals surface area (Å²) in [6, 6.07) is 0.186. The van der Waals surface area contributed by atoms with Crippen LogP contribution in [-0.2, 0) is 17.9 Å². The van der Waals surface area contributed by atoms with Crippen molar-refractivity contribution in [1.82, 2.24) is 14.8 Å². The van der Waals surface area contributed by atoms with Gasteiger partial charge in [0.15, 0.2) is 5.82 Å². The van der Waals surface area contributed by atoms with E-state index < -0.39 is 0 Å². The van der Waals surface area contributed by atoms with Gasteiger partial charge in [-0.05, 0) is 19.3 Å². The molecule has 1 aromatic rings. The highest BCUT2D eigenvalue weighted by Crippen LogP contribution is 2.20. The van der Waals surface area contributed by atoms with Crippen LogP contribution in [0.5, 0.6) is 0 Å². The van der Waals surface area contributed by atoms with Gasteiger partial charge in [0.25, 0.3) is 0 Å². The minimum absolute atomic E-state index is 0.186. The maximum atomic E-state index is 6.05. The first kappa shape index (κ1) is 12.5. The number of aromatic nitrogens is 3. The first-order valence-corrected chi connectivity index (χ1v) is 6.55. The van der Waals surface area contributed by atoms with Crippen LogP contribution >= 0.6 is 0 Å². The van der Waals surface area contributed by atoms with Crippen LogP contribution in [0.2, 0.25) is 0 Å². The quantitative estimate of drug-likeness (QED) is 0.843. The highest BCUT2D eigenvalue weighted by atomic mass is 16.5. The van der Waals surface area contributed by atoms with Crippen molar-refractivity contribution >= 4 is 0 Å². The minimum Gasteiger partial charge on any atom is -0.369 e. The largest absolute Gasteiger partial charge is 0.369 e. The number of nitrogens with two attached hydrogens (primary N) is 1. The number of nitrogens with zero attached hydrogens (tertiary/aromatic N) is 3. The van der Waals surface area contributed by atoms with Gasteiger partial charge < -0.3 is 10.5 Å². The fourth-order valence-corrected chi connectivity index (χ4v) is 2.31. The molecule has 0 bridgehead atoms. The zero-order chi connectivity index (χ0) is 12.1. The Kier molecular flexibility index (Phi) is 4.50. The number of rotatable bonds is 5. The van der Waals surface area contributed by atoms with Crippen molar-refractivity contribution in [3.8, 4) is 0 Å². The lowest BCUT2D eigenvalue weighted by Gasteiger charge is -2.28. The molecule has 0 amide bonds. The topological polar surface area (TPSA) is 66.0 Å². The molecule has 1 aliphatic rings. The highest BCUT2D eigenvalue weighted by Gasteiger charge is 2.22. The first-order chi connectivity index (χ1) is 8.31. The molecule has 1 aliphatic carbocycles. The molecule has 2 rings (SSSR count). The predicted octanol–water partition coefficient (Wildman–Crippen LogP) is 1.47. The third kappa shape index (κ3) is 3.26. The van der Waals surface area contributed by atoms with Crippen LogP contribution in [0.15, 0.2) is 6.33 Å². The second-order valence-corrected chi connectivity index (χ2v) is 4.70. The van der Waals surface area contributed by atoms with E-state index >= 15 is 0 Å². The monoisotopic (exact) mass is 238 g/mol. The van der Waals surface area contributed by atoms with E-state index in [1.54, 1.807) is 6.33 Å².